The van der Waals surface area contributed by atoms with Crippen molar-refractivity contribution >= 4 is 24.0 Å². The molecule has 0 bridgehead atoms. The lowest BCUT2D eigenvalue weighted by atomic mass is 9.67. The van der Waals surface area contributed by atoms with Crippen LogP contribution in [0.5, 0.6) is 0 Å². The number of halogens is 1. The van der Waals surface area contributed by atoms with Crippen LogP contribution >= 0.6 is 12.4 Å². The van der Waals surface area contributed by atoms with Crippen LogP contribution in [-0.4, -0.2) is 5.91 Å². The van der Waals surface area contributed by atoms with Crippen molar-refractivity contribution < 1.29 is 4.79 Å². The SMILES string of the molecule is CC(N)c1ccc(NC(=O)C2CCC3CCCCC3C2)cc1.Cl. The molecule has 3 rings (SSSR count). The van der Waals surface area contributed by atoms with Gasteiger partial charge in [0.1, 0.15) is 0 Å². The number of benzene rings is 1. The highest BCUT2D eigenvalue weighted by Gasteiger charge is 2.34. The summed E-state index contributed by atoms with van der Waals surface area (Å²) in [6, 6.07) is 7.95. The van der Waals surface area contributed by atoms with Gasteiger partial charge in [0.25, 0.3) is 0 Å². The van der Waals surface area contributed by atoms with Gasteiger partial charge in [0.05, 0.1) is 0 Å². The van der Waals surface area contributed by atoms with Crippen molar-refractivity contribution in [3.63, 3.8) is 0 Å². The Balaban J connectivity index is 0.00000192. The van der Waals surface area contributed by atoms with Crippen LogP contribution in [0.2, 0.25) is 0 Å². The van der Waals surface area contributed by atoms with Crippen LogP contribution in [0.25, 0.3) is 0 Å². The molecular formula is C19H29ClN2O. The van der Waals surface area contributed by atoms with Crippen molar-refractivity contribution in [1.82, 2.24) is 0 Å². The Morgan fingerprint density at radius 3 is 2.39 bits per heavy atom. The van der Waals surface area contributed by atoms with E-state index in [1.807, 2.05) is 31.2 Å². The highest BCUT2D eigenvalue weighted by atomic mass is 35.5. The molecule has 0 spiro atoms. The molecule has 2 saturated carbocycles. The predicted octanol–water partition coefficient (Wildman–Crippen LogP) is 4.67. The Morgan fingerprint density at radius 2 is 1.74 bits per heavy atom. The molecule has 1 aromatic rings. The maximum absolute atomic E-state index is 12.5. The fraction of sp³-hybridized carbons (Fsp3) is 0.632. The van der Waals surface area contributed by atoms with Gasteiger partial charge in [0.15, 0.2) is 0 Å². The van der Waals surface area contributed by atoms with Gasteiger partial charge >= 0.3 is 0 Å². The molecular weight excluding hydrogens is 308 g/mol. The second-order valence-corrected chi connectivity index (χ2v) is 7.21. The van der Waals surface area contributed by atoms with Crippen LogP contribution in [-0.2, 0) is 4.79 Å². The molecule has 1 amide bonds. The Bertz CT molecular complexity index is 515. The highest BCUT2D eigenvalue weighted by Crippen LogP contribution is 2.42. The molecule has 4 heteroatoms. The third-order valence-corrected chi connectivity index (χ3v) is 5.61. The number of anilines is 1. The summed E-state index contributed by atoms with van der Waals surface area (Å²) < 4.78 is 0. The number of rotatable bonds is 3. The van der Waals surface area contributed by atoms with Crippen LogP contribution in [0.1, 0.15) is 63.5 Å². The van der Waals surface area contributed by atoms with Gasteiger partial charge in [0.2, 0.25) is 5.91 Å². The predicted molar refractivity (Wildman–Crippen MR) is 97.7 cm³/mol. The third-order valence-electron chi connectivity index (χ3n) is 5.61. The zero-order chi connectivity index (χ0) is 15.5. The van der Waals surface area contributed by atoms with Crippen molar-refractivity contribution in [3.05, 3.63) is 29.8 Å². The third kappa shape index (κ3) is 4.48. The second-order valence-electron chi connectivity index (χ2n) is 7.21. The molecule has 1 aromatic carbocycles. The fourth-order valence-corrected chi connectivity index (χ4v) is 4.23. The summed E-state index contributed by atoms with van der Waals surface area (Å²) in [7, 11) is 0. The first-order valence-corrected chi connectivity index (χ1v) is 8.80. The molecule has 2 fully saturated rings. The van der Waals surface area contributed by atoms with E-state index in [1.165, 1.54) is 32.1 Å². The molecule has 3 nitrogen and oxygen atoms in total. The van der Waals surface area contributed by atoms with Gasteiger partial charge < -0.3 is 11.1 Å². The number of hydrogen-bond donors (Lipinski definition) is 2. The number of amides is 1. The quantitative estimate of drug-likeness (QED) is 0.842. The normalized spacial score (nSPS) is 28.2. The summed E-state index contributed by atoms with van der Waals surface area (Å²) >= 11 is 0. The lowest BCUT2D eigenvalue weighted by Gasteiger charge is -2.38. The van der Waals surface area contributed by atoms with Crippen molar-refractivity contribution in [2.45, 2.75) is 57.9 Å². The summed E-state index contributed by atoms with van der Waals surface area (Å²) in [5.41, 5.74) is 7.84. The molecule has 0 aliphatic heterocycles. The van der Waals surface area contributed by atoms with Crippen molar-refractivity contribution in [1.29, 1.82) is 0 Å². The molecule has 4 unspecified atom stereocenters. The van der Waals surface area contributed by atoms with E-state index in [-0.39, 0.29) is 30.3 Å². The van der Waals surface area contributed by atoms with Gasteiger partial charge in [-0.05, 0) is 55.7 Å². The Labute approximate surface area is 145 Å². The Kier molecular flexibility index (Phi) is 6.49. The molecule has 128 valence electrons. The summed E-state index contributed by atoms with van der Waals surface area (Å²) in [5, 5.41) is 3.09. The van der Waals surface area contributed by atoms with Crippen LogP contribution in [0.4, 0.5) is 5.69 Å². The van der Waals surface area contributed by atoms with Gasteiger partial charge in [-0.1, -0.05) is 37.8 Å². The maximum atomic E-state index is 12.5. The lowest BCUT2D eigenvalue weighted by Crippen LogP contribution is -2.33. The van der Waals surface area contributed by atoms with E-state index >= 15 is 0 Å². The molecule has 2 aliphatic carbocycles. The summed E-state index contributed by atoms with van der Waals surface area (Å²) in [6.45, 7) is 1.97. The van der Waals surface area contributed by atoms with E-state index in [0.717, 1.165) is 35.9 Å². The minimum Gasteiger partial charge on any atom is -0.326 e. The molecule has 0 radical (unpaired) electrons. The molecule has 0 heterocycles. The summed E-state index contributed by atoms with van der Waals surface area (Å²) in [6.07, 6.45) is 8.86. The number of fused-ring (bicyclic) bond motifs is 1. The highest BCUT2D eigenvalue weighted by molar-refractivity contribution is 5.92. The van der Waals surface area contributed by atoms with E-state index in [4.69, 9.17) is 5.73 Å². The summed E-state index contributed by atoms with van der Waals surface area (Å²) in [4.78, 5) is 12.5. The van der Waals surface area contributed by atoms with E-state index in [2.05, 4.69) is 5.32 Å². The van der Waals surface area contributed by atoms with Gasteiger partial charge in [0, 0.05) is 17.6 Å². The average molecular weight is 337 g/mol. The number of hydrogen-bond acceptors (Lipinski definition) is 2. The van der Waals surface area contributed by atoms with Gasteiger partial charge in [-0.15, -0.1) is 12.4 Å². The molecule has 2 aliphatic rings. The average Bonchev–Trinajstić information content (AvgIpc) is 2.55. The number of nitrogens with one attached hydrogen (secondary N) is 1. The van der Waals surface area contributed by atoms with E-state index in [1.54, 1.807) is 0 Å². The molecule has 0 saturated heterocycles. The smallest absolute Gasteiger partial charge is 0.227 e. The van der Waals surface area contributed by atoms with Gasteiger partial charge in [-0.3, -0.25) is 4.79 Å². The minimum atomic E-state index is 0. The number of nitrogens with two attached hydrogens (primary N) is 1. The first kappa shape index (κ1) is 18.3. The largest absolute Gasteiger partial charge is 0.326 e. The Hall–Kier alpha value is -1.06. The van der Waals surface area contributed by atoms with Crippen LogP contribution in [0.3, 0.4) is 0 Å². The molecule has 0 aromatic heterocycles. The summed E-state index contributed by atoms with van der Waals surface area (Å²) in [5.74, 6) is 2.09. The number of carbonyl (C=O) groups is 1. The first-order chi connectivity index (χ1) is 10.6. The standard InChI is InChI=1S/C19H28N2O.ClH/c1-13(20)14-8-10-18(11-9-14)21-19(22)17-7-6-15-4-2-3-5-16(15)12-17;/h8-11,13,15-17H,2-7,12,20H2,1H3,(H,21,22);1H. The zero-order valence-electron chi connectivity index (χ0n) is 14.0. The molecule has 23 heavy (non-hydrogen) atoms. The molecule has 3 N–H and O–H groups in total. The second kappa shape index (κ2) is 8.16. The van der Waals surface area contributed by atoms with Crippen LogP contribution < -0.4 is 11.1 Å². The number of carbonyl (C=O) groups excluding carboxylic acids is 1. The van der Waals surface area contributed by atoms with Crippen LogP contribution in [0.15, 0.2) is 24.3 Å². The zero-order valence-corrected chi connectivity index (χ0v) is 14.8. The van der Waals surface area contributed by atoms with Gasteiger partial charge in [-0.25, -0.2) is 0 Å². The Morgan fingerprint density at radius 1 is 1.09 bits per heavy atom. The fourth-order valence-electron chi connectivity index (χ4n) is 4.23. The first-order valence-electron chi connectivity index (χ1n) is 8.80. The van der Waals surface area contributed by atoms with E-state index in [9.17, 15) is 4.79 Å². The maximum Gasteiger partial charge on any atom is 0.227 e. The van der Waals surface area contributed by atoms with Crippen molar-refractivity contribution in [3.8, 4) is 0 Å². The lowest BCUT2D eigenvalue weighted by molar-refractivity contribution is -0.122. The van der Waals surface area contributed by atoms with Crippen molar-refractivity contribution in [2.24, 2.45) is 23.5 Å². The molecule has 4 atom stereocenters. The van der Waals surface area contributed by atoms with E-state index in [0.29, 0.717) is 0 Å². The van der Waals surface area contributed by atoms with E-state index < -0.39 is 0 Å². The monoisotopic (exact) mass is 336 g/mol. The topological polar surface area (TPSA) is 55.1 Å². The van der Waals surface area contributed by atoms with Gasteiger partial charge in [-0.2, -0.15) is 0 Å². The van der Waals surface area contributed by atoms with Crippen LogP contribution in [0, 0.1) is 17.8 Å². The van der Waals surface area contributed by atoms with Crippen molar-refractivity contribution in [2.75, 3.05) is 5.32 Å². The minimum absolute atomic E-state index is 0.